The summed E-state index contributed by atoms with van der Waals surface area (Å²) in [6.45, 7) is 1.93. The average Bonchev–Trinajstić information content (AvgIpc) is 2.28. The third kappa shape index (κ3) is 4.31. The van der Waals surface area contributed by atoms with Crippen LogP contribution in [0, 0.1) is 6.92 Å². The van der Waals surface area contributed by atoms with Crippen LogP contribution in [0.4, 0.5) is 5.69 Å². The van der Waals surface area contributed by atoms with Gasteiger partial charge in [0, 0.05) is 12.3 Å². The van der Waals surface area contributed by atoms with Gasteiger partial charge in [-0.3, -0.25) is 0 Å². The summed E-state index contributed by atoms with van der Waals surface area (Å²) in [7, 11) is -3.21. The lowest BCUT2D eigenvalue weighted by Crippen LogP contribution is -2.09. The van der Waals surface area contributed by atoms with Crippen molar-refractivity contribution in [1.29, 1.82) is 0 Å². The molecule has 3 N–H and O–H groups in total. The highest BCUT2D eigenvalue weighted by atomic mass is 32.2. The van der Waals surface area contributed by atoms with Gasteiger partial charge in [-0.05, 0) is 43.5 Å². The molecule has 0 saturated heterocycles. The third-order valence-corrected chi connectivity index (χ3v) is 4.81. The number of nitrogen functional groups attached to an aromatic ring is 1. The molecule has 18 heavy (non-hydrogen) atoms. The van der Waals surface area contributed by atoms with E-state index in [-0.39, 0.29) is 12.4 Å². The van der Waals surface area contributed by atoms with E-state index in [0.717, 1.165) is 19.3 Å². The first-order chi connectivity index (χ1) is 8.47. The van der Waals surface area contributed by atoms with Crippen LogP contribution in [-0.2, 0) is 9.84 Å². The summed E-state index contributed by atoms with van der Waals surface area (Å²) in [5.41, 5.74) is 6.88. The lowest BCUT2D eigenvalue weighted by Gasteiger charge is -2.08. The fraction of sp³-hybridized carbons (Fsp3) is 0.538. The normalized spacial score (nSPS) is 11.7. The molecular weight excluding hydrogens is 250 g/mol. The molecule has 0 radical (unpaired) electrons. The Bertz CT molecular complexity index is 483. The topological polar surface area (TPSA) is 80.4 Å². The third-order valence-electron chi connectivity index (χ3n) is 2.86. The van der Waals surface area contributed by atoms with E-state index in [0.29, 0.717) is 22.6 Å². The number of rotatable bonds is 7. The monoisotopic (exact) mass is 271 g/mol. The lowest BCUT2D eigenvalue weighted by atomic mass is 10.2. The molecule has 0 aliphatic rings. The number of hydrogen-bond donors (Lipinski definition) is 2. The second kappa shape index (κ2) is 6.75. The Morgan fingerprint density at radius 2 is 1.83 bits per heavy atom. The van der Waals surface area contributed by atoms with Crippen molar-refractivity contribution >= 4 is 15.5 Å². The van der Waals surface area contributed by atoms with Gasteiger partial charge in [-0.25, -0.2) is 8.42 Å². The maximum absolute atomic E-state index is 12.1. The molecule has 0 heterocycles. The second-order valence-corrected chi connectivity index (χ2v) is 6.56. The zero-order valence-electron chi connectivity index (χ0n) is 10.7. The Kier molecular flexibility index (Phi) is 5.62. The maximum Gasteiger partial charge on any atom is 0.178 e. The van der Waals surface area contributed by atoms with Crippen LogP contribution < -0.4 is 5.73 Å². The number of sulfone groups is 1. The van der Waals surface area contributed by atoms with Crippen molar-refractivity contribution in [3.8, 4) is 0 Å². The number of aliphatic hydroxyl groups is 1. The van der Waals surface area contributed by atoms with Gasteiger partial charge >= 0.3 is 0 Å². The van der Waals surface area contributed by atoms with Crippen LogP contribution in [0.25, 0.3) is 0 Å². The largest absolute Gasteiger partial charge is 0.399 e. The Balaban J connectivity index is 2.63. The first-order valence-electron chi connectivity index (χ1n) is 6.17. The zero-order valence-corrected chi connectivity index (χ0v) is 11.5. The number of hydrogen-bond acceptors (Lipinski definition) is 4. The number of unbranched alkanes of at least 4 members (excludes halogenated alkanes) is 3. The van der Waals surface area contributed by atoms with E-state index in [9.17, 15) is 8.42 Å². The Morgan fingerprint density at radius 1 is 1.17 bits per heavy atom. The summed E-state index contributed by atoms with van der Waals surface area (Å²) in [5.74, 6) is 0.156. The zero-order chi connectivity index (χ0) is 13.6. The molecule has 4 nitrogen and oxygen atoms in total. The van der Waals surface area contributed by atoms with E-state index in [1.807, 2.05) is 0 Å². The number of aryl methyl sites for hydroxylation is 1. The molecule has 1 rings (SSSR count). The van der Waals surface area contributed by atoms with Crippen molar-refractivity contribution in [2.75, 3.05) is 18.1 Å². The van der Waals surface area contributed by atoms with Gasteiger partial charge in [-0.1, -0.05) is 12.8 Å². The molecule has 102 valence electrons. The molecule has 0 aromatic heterocycles. The fourth-order valence-corrected chi connectivity index (χ4v) is 3.52. The van der Waals surface area contributed by atoms with Gasteiger partial charge in [-0.15, -0.1) is 0 Å². The number of anilines is 1. The summed E-state index contributed by atoms with van der Waals surface area (Å²) in [6.07, 6.45) is 3.06. The van der Waals surface area contributed by atoms with Gasteiger partial charge in [-0.2, -0.15) is 0 Å². The van der Waals surface area contributed by atoms with Gasteiger partial charge < -0.3 is 10.8 Å². The smallest absolute Gasteiger partial charge is 0.178 e. The molecule has 1 aromatic carbocycles. The fourth-order valence-electron chi connectivity index (χ4n) is 1.89. The highest BCUT2D eigenvalue weighted by Gasteiger charge is 2.16. The van der Waals surface area contributed by atoms with E-state index in [1.165, 1.54) is 0 Å². The van der Waals surface area contributed by atoms with E-state index in [2.05, 4.69) is 0 Å². The number of nitrogens with two attached hydrogens (primary N) is 1. The van der Waals surface area contributed by atoms with Crippen LogP contribution in [0.15, 0.2) is 23.1 Å². The SMILES string of the molecule is Cc1cc(N)ccc1S(=O)(=O)CCCCCCO. The van der Waals surface area contributed by atoms with Crippen LogP contribution in [-0.4, -0.2) is 25.9 Å². The van der Waals surface area contributed by atoms with E-state index >= 15 is 0 Å². The van der Waals surface area contributed by atoms with E-state index in [4.69, 9.17) is 10.8 Å². The summed E-state index contributed by atoms with van der Waals surface area (Å²) in [6, 6.07) is 4.87. The summed E-state index contributed by atoms with van der Waals surface area (Å²) < 4.78 is 24.2. The number of aliphatic hydroxyl groups excluding tert-OH is 1. The minimum atomic E-state index is -3.21. The molecule has 0 bridgehead atoms. The van der Waals surface area contributed by atoms with Crippen molar-refractivity contribution in [1.82, 2.24) is 0 Å². The highest BCUT2D eigenvalue weighted by Crippen LogP contribution is 2.20. The Labute approximate surface area is 109 Å². The van der Waals surface area contributed by atoms with Gasteiger partial charge in [0.25, 0.3) is 0 Å². The minimum Gasteiger partial charge on any atom is -0.399 e. The second-order valence-electron chi connectivity index (χ2n) is 4.48. The van der Waals surface area contributed by atoms with Gasteiger partial charge in [0.15, 0.2) is 9.84 Å². The van der Waals surface area contributed by atoms with Crippen LogP contribution in [0.5, 0.6) is 0 Å². The molecule has 0 aliphatic carbocycles. The van der Waals surface area contributed by atoms with Crippen molar-refractivity contribution in [2.45, 2.75) is 37.5 Å². The van der Waals surface area contributed by atoms with Crippen LogP contribution in [0.2, 0.25) is 0 Å². The molecule has 0 saturated carbocycles. The van der Waals surface area contributed by atoms with Crippen molar-refractivity contribution in [3.05, 3.63) is 23.8 Å². The van der Waals surface area contributed by atoms with Crippen LogP contribution >= 0.6 is 0 Å². The first-order valence-corrected chi connectivity index (χ1v) is 7.82. The molecule has 1 aromatic rings. The molecular formula is C13H21NO3S. The molecule has 0 atom stereocenters. The highest BCUT2D eigenvalue weighted by molar-refractivity contribution is 7.91. The van der Waals surface area contributed by atoms with Crippen molar-refractivity contribution in [2.24, 2.45) is 0 Å². The van der Waals surface area contributed by atoms with Gasteiger partial charge in [0.1, 0.15) is 0 Å². The Hall–Kier alpha value is -1.07. The standard InChI is InChI=1S/C13H21NO3S/c1-11-10-12(14)6-7-13(11)18(16,17)9-5-3-2-4-8-15/h6-7,10,15H,2-5,8-9,14H2,1H3. The van der Waals surface area contributed by atoms with E-state index in [1.54, 1.807) is 25.1 Å². The molecule has 0 fully saturated rings. The molecule has 0 unspecified atom stereocenters. The van der Waals surface area contributed by atoms with Crippen molar-refractivity contribution in [3.63, 3.8) is 0 Å². The summed E-state index contributed by atoms with van der Waals surface area (Å²) in [5, 5.41) is 8.64. The lowest BCUT2D eigenvalue weighted by molar-refractivity contribution is 0.283. The quantitative estimate of drug-likeness (QED) is 0.586. The molecule has 0 aliphatic heterocycles. The Morgan fingerprint density at radius 3 is 2.44 bits per heavy atom. The minimum absolute atomic E-state index is 0.156. The molecule has 5 heteroatoms. The number of benzene rings is 1. The maximum atomic E-state index is 12.1. The van der Waals surface area contributed by atoms with E-state index < -0.39 is 9.84 Å². The van der Waals surface area contributed by atoms with Crippen molar-refractivity contribution < 1.29 is 13.5 Å². The molecule has 0 amide bonds. The van der Waals surface area contributed by atoms with Gasteiger partial charge in [0.2, 0.25) is 0 Å². The predicted octanol–water partition coefficient (Wildman–Crippen LogP) is 1.90. The first kappa shape index (κ1) is 15.0. The average molecular weight is 271 g/mol. The summed E-state index contributed by atoms with van der Waals surface area (Å²) >= 11 is 0. The van der Waals surface area contributed by atoms with Gasteiger partial charge in [0.05, 0.1) is 10.6 Å². The summed E-state index contributed by atoms with van der Waals surface area (Å²) in [4.78, 5) is 0.374. The van der Waals surface area contributed by atoms with Crippen LogP contribution in [0.1, 0.15) is 31.2 Å². The van der Waals surface area contributed by atoms with Crippen LogP contribution in [0.3, 0.4) is 0 Å². The predicted molar refractivity (Wildman–Crippen MR) is 73.2 cm³/mol. The molecule has 0 spiro atoms.